The van der Waals surface area contributed by atoms with E-state index in [-0.39, 0.29) is 22.8 Å². The highest BCUT2D eigenvalue weighted by Gasteiger charge is 2.23. The molecule has 0 aliphatic carbocycles. The zero-order chi connectivity index (χ0) is 22.7. The summed E-state index contributed by atoms with van der Waals surface area (Å²) in [6.45, 7) is 3.25. The van der Waals surface area contributed by atoms with Gasteiger partial charge in [-0.25, -0.2) is 9.67 Å². The van der Waals surface area contributed by atoms with Crippen molar-refractivity contribution < 1.29 is 9.59 Å². The van der Waals surface area contributed by atoms with Gasteiger partial charge < -0.3 is 10.6 Å². The van der Waals surface area contributed by atoms with Gasteiger partial charge in [-0.15, -0.1) is 0 Å². The largest absolute Gasteiger partial charge is 0.336 e. The summed E-state index contributed by atoms with van der Waals surface area (Å²) in [7, 11) is 0. The zero-order valence-corrected chi connectivity index (χ0v) is 19.4. The first-order valence-corrected chi connectivity index (χ1v) is 10.4. The number of carbonyl (C=O) groups excluding carboxylic acids is 2. The molecule has 0 bridgehead atoms. The van der Waals surface area contributed by atoms with Crippen LogP contribution in [-0.2, 0) is 0 Å². The molecule has 11 heteroatoms. The Morgan fingerprint density at radius 2 is 2.00 bits per heavy atom. The third kappa shape index (κ3) is 5.05. The number of hydrogen-bond donors (Lipinski definition) is 2. The molecule has 0 spiro atoms. The number of rotatable bonds is 5. The first kappa shape index (κ1) is 22.7. The van der Waals surface area contributed by atoms with Crippen molar-refractivity contribution in [3.05, 3.63) is 68.0 Å². The predicted octanol–water partition coefficient (Wildman–Crippen LogP) is 4.54. The van der Waals surface area contributed by atoms with Crippen LogP contribution < -0.4 is 10.6 Å². The zero-order valence-electron chi connectivity index (χ0n) is 16.3. The van der Waals surface area contributed by atoms with Crippen LogP contribution in [0.1, 0.15) is 33.3 Å². The molecule has 2 aromatic heterocycles. The summed E-state index contributed by atoms with van der Waals surface area (Å²) >= 11 is 15.6. The molecule has 8 nitrogen and oxygen atoms in total. The Morgan fingerprint density at radius 3 is 2.68 bits per heavy atom. The van der Waals surface area contributed by atoms with Gasteiger partial charge >= 0.3 is 0 Å². The van der Waals surface area contributed by atoms with Crippen molar-refractivity contribution in [2.75, 3.05) is 5.32 Å². The van der Waals surface area contributed by atoms with Crippen LogP contribution >= 0.6 is 39.1 Å². The number of aryl methyl sites for hydroxylation is 1. The van der Waals surface area contributed by atoms with E-state index in [9.17, 15) is 9.59 Å². The smallest absolute Gasteiger partial charge is 0.274 e. The molecule has 1 aromatic carbocycles. The first-order valence-electron chi connectivity index (χ1n) is 8.89. The summed E-state index contributed by atoms with van der Waals surface area (Å²) in [4.78, 5) is 30.0. The van der Waals surface area contributed by atoms with Crippen LogP contribution in [0.15, 0.2) is 41.1 Å². The lowest BCUT2D eigenvalue weighted by molar-refractivity contribution is 0.0948. The van der Waals surface area contributed by atoms with Gasteiger partial charge in [0.1, 0.15) is 16.3 Å². The Balaban J connectivity index is 2.01. The summed E-state index contributed by atoms with van der Waals surface area (Å²) in [5.74, 6) is -0.821. The molecule has 0 aliphatic heterocycles. The Morgan fingerprint density at radius 1 is 1.26 bits per heavy atom. The van der Waals surface area contributed by atoms with Crippen molar-refractivity contribution >= 4 is 56.6 Å². The van der Waals surface area contributed by atoms with Crippen LogP contribution in [0.3, 0.4) is 0 Å². The van der Waals surface area contributed by atoms with Gasteiger partial charge in [-0.05, 0) is 59.6 Å². The average molecular weight is 522 g/mol. The Labute approximate surface area is 196 Å². The Kier molecular flexibility index (Phi) is 6.95. The van der Waals surface area contributed by atoms with Crippen LogP contribution in [0.4, 0.5) is 5.69 Å². The van der Waals surface area contributed by atoms with Gasteiger partial charge in [0, 0.05) is 17.3 Å². The van der Waals surface area contributed by atoms with Gasteiger partial charge in [0.05, 0.1) is 22.3 Å². The van der Waals surface area contributed by atoms with Crippen LogP contribution in [0.2, 0.25) is 10.0 Å². The second-order valence-electron chi connectivity index (χ2n) is 6.50. The Hall–Kier alpha value is -2.93. The summed E-state index contributed by atoms with van der Waals surface area (Å²) in [6.07, 6.45) is 1.53. The molecule has 3 rings (SSSR count). The summed E-state index contributed by atoms with van der Waals surface area (Å²) in [5.41, 5.74) is 1.09. The molecule has 0 aliphatic rings. The third-order valence-electron chi connectivity index (χ3n) is 4.18. The van der Waals surface area contributed by atoms with Crippen molar-refractivity contribution in [2.45, 2.75) is 19.9 Å². The lowest BCUT2D eigenvalue weighted by Crippen LogP contribution is -2.32. The number of carbonyl (C=O) groups is 2. The number of pyridine rings is 1. The molecular formula is C20H15BrCl2N6O2. The maximum absolute atomic E-state index is 13.1. The summed E-state index contributed by atoms with van der Waals surface area (Å²) in [5, 5.41) is 19.1. The van der Waals surface area contributed by atoms with Crippen LogP contribution in [0, 0.1) is 18.3 Å². The maximum atomic E-state index is 13.1. The molecule has 2 amide bonds. The summed E-state index contributed by atoms with van der Waals surface area (Å²) < 4.78 is 1.69. The highest BCUT2D eigenvalue weighted by Crippen LogP contribution is 2.27. The highest BCUT2D eigenvalue weighted by molar-refractivity contribution is 9.10. The molecule has 0 radical (unpaired) electrons. The quantitative estimate of drug-likeness (QED) is 0.511. The number of nitriles is 1. The minimum absolute atomic E-state index is 0.126. The number of nitrogens with zero attached hydrogens (tertiary/aromatic N) is 4. The van der Waals surface area contributed by atoms with E-state index in [0.29, 0.717) is 20.2 Å². The molecule has 1 atom stereocenters. The third-order valence-corrected chi connectivity index (χ3v) is 5.08. The molecule has 2 heterocycles. The fraction of sp³-hybridized carbons (Fsp3) is 0.150. The van der Waals surface area contributed by atoms with E-state index in [1.807, 2.05) is 6.07 Å². The van der Waals surface area contributed by atoms with E-state index in [0.717, 1.165) is 0 Å². The second-order valence-corrected chi connectivity index (χ2v) is 8.15. The molecule has 158 valence electrons. The van der Waals surface area contributed by atoms with Gasteiger partial charge in [-0.1, -0.05) is 23.2 Å². The minimum Gasteiger partial charge on any atom is -0.336 e. The van der Waals surface area contributed by atoms with Gasteiger partial charge in [0.25, 0.3) is 11.8 Å². The number of amides is 2. The molecule has 0 saturated heterocycles. The van der Waals surface area contributed by atoms with E-state index in [4.69, 9.17) is 28.5 Å². The topological polar surface area (TPSA) is 113 Å². The standard InChI is InChI=1S/C20H15BrCl2N6O2/c1-10-6-12(22)7-13(19(30)26-11(2)9-24)17(10)27-20(31)15-8-16(21)28-29(15)18-14(23)4-3-5-25-18/h3-8,11H,1-2H3,(H,26,30)(H,27,31). The van der Waals surface area contributed by atoms with Crippen molar-refractivity contribution in [1.29, 1.82) is 5.26 Å². The van der Waals surface area contributed by atoms with Gasteiger partial charge in [0.15, 0.2) is 5.82 Å². The number of benzene rings is 1. The lowest BCUT2D eigenvalue weighted by atomic mass is 10.1. The average Bonchev–Trinajstić information content (AvgIpc) is 3.11. The van der Waals surface area contributed by atoms with Gasteiger partial charge in [-0.2, -0.15) is 10.4 Å². The van der Waals surface area contributed by atoms with Crippen molar-refractivity contribution in [3.63, 3.8) is 0 Å². The SMILES string of the molecule is Cc1cc(Cl)cc(C(=O)NC(C)C#N)c1NC(=O)c1cc(Br)nn1-c1ncccc1Cl. The number of aromatic nitrogens is 3. The first-order chi connectivity index (χ1) is 14.7. The van der Waals surface area contributed by atoms with Crippen LogP contribution in [0.25, 0.3) is 5.82 Å². The van der Waals surface area contributed by atoms with E-state index in [1.165, 1.54) is 23.0 Å². The number of halogens is 3. The van der Waals surface area contributed by atoms with Crippen molar-refractivity contribution in [1.82, 2.24) is 20.1 Å². The highest BCUT2D eigenvalue weighted by atomic mass is 79.9. The normalized spacial score (nSPS) is 11.5. The molecule has 2 N–H and O–H groups in total. The van der Waals surface area contributed by atoms with Crippen molar-refractivity contribution in [3.8, 4) is 11.9 Å². The predicted molar refractivity (Wildman–Crippen MR) is 121 cm³/mol. The molecule has 0 fully saturated rings. The molecule has 0 saturated carbocycles. The molecule has 31 heavy (non-hydrogen) atoms. The monoisotopic (exact) mass is 520 g/mol. The number of anilines is 1. The number of hydrogen-bond acceptors (Lipinski definition) is 5. The summed E-state index contributed by atoms with van der Waals surface area (Å²) in [6, 6.07) is 9.03. The van der Waals surface area contributed by atoms with E-state index >= 15 is 0 Å². The Bertz CT molecular complexity index is 1220. The molecule has 1 unspecified atom stereocenters. The fourth-order valence-electron chi connectivity index (χ4n) is 2.78. The van der Waals surface area contributed by atoms with Crippen molar-refractivity contribution in [2.24, 2.45) is 0 Å². The number of nitrogens with one attached hydrogen (secondary N) is 2. The van der Waals surface area contributed by atoms with E-state index in [1.54, 1.807) is 32.0 Å². The maximum Gasteiger partial charge on any atom is 0.274 e. The van der Waals surface area contributed by atoms with Gasteiger partial charge in [-0.3, -0.25) is 9.59 Å². The van der Waals surface area contributed by atoms with E-state index < -0.39 is 17.9 Å². The molecule has 3 aromatic rings. The second kappa shape index (κ2) is 9.47. The fourth-order valence-corrected chi connectivity index (χ4v) is 3.63. The lowest BCUT2D eigenvalue weighted by Gasteiger charge is -2.16. The van der Waals surface area contributed by atoms with E-state index in [2.05, 4.69) is 36.6 Å². The van der Waals surface area contributed by atoms with Crippen LogP contribution in [-0.4, -0.2) is 32.6 Å². The molecular weight excluding hydrogens is 507 g/mol. The van der Waals surface area contributed by atoms with Gasteiger partial charge in [0.2, 0.25) is 0 Å². The van der Waals surface area contributed by atoms with Crippen LogP contribution in [0.5, 0.6) is 0 Å². The minimum atomic E-state index is -0.723.